The highest BCUT2D eigenvalue weighted by molar-refractivity contribution is 5.88. The Morgan fingerprint density at radius 2 is 1.67 bits per heavy atom. The highest BCUT2D eigenvalue weighted by Gasteiger charge is 2.19. The van der Waals surface area contributed by atoms with Crippen LogP contribution in [0.4, 0.5) is 0 Å². The van der Waals surface area contributed by atoms with Crippen molar-refractivity contribution in [2.75, 3.05) is 26.2 Å². The van der Waals surface area contributed by atoms with Gasteiger partial charge in [0.1, 0.15) is 0 Å². The van der Waals surface area contributed by atoms with Gasteiger partial charge in [-0.05, 0) is 32.4 Å². The molecule has 1 atom stereocenters. The third kappa shape index (κ3) is 7.37. The molecule has 2 N–H and O–H groups in total. The molecule has 0 aromatic heterocycles. The van der Waals surface area contributed by atoms with E-state index in [4.69, 9.17) is 0 Å². The van der Waals surface area contributed by atoms with Crippen LogP contribution in [0.2, 0.25) is 0 Å². The summed E-state index contributed by atoms with van der Waals surface area (Å²) in [5.74, 6) is -0.448. The maximum Gasteiger partial charge on any atom is 0.234 e. The second-order valence-corrected chi connectivity index (χ2v) is 5.68. The lowest BCUT2D eigenvalue weighted by Gasteiger charge is -2.21. The third-order valence-electron chi connectivity index (χ3n) is 3.66. The average molecular weight is 333 g/mol. The van der Waals surface area contributed by atoms with Crippen LogP contribution in [0.25, 0.3) is 0 Å². The smallest absolute Gasteiger partial charge is 0.234 e. The highest BCUT2D eigenvalue weighted by Crippen LogP contribution is 2.04. The van der Waals surface area contributed by atoms with E-state index < -0.39 is 6.04 Å². The van der Waals surface area contributed by atoms with Gasteiger partial charge in [0.2, 0.25) is 11.8 Å². The van der Waals surface area contributed by atoms with E-state index in [1.165, 1.54) is 6.92 Å². The van der Waals surface area contributed by atoms with Gasteiger partial charge in [-0.15, -0.1) is 0 Å². The van der Waals surface area contributed by atoms with Gasteiger partial charge in [0.15, 0.2) is 5.78 Å². The molecule has 0 bridgehead atoms. The first-order chi connectivity index (χ1) is 11.5. The molecule has 0 saturated carbocycles. The van der Waals surface area contributed by atoms with Crippen molar-refractivity contribution < 1.29 is 14.4 Å². The van der Waals surface area contributed by atoms with Gasteiger partial charge in [-0.3, -0.25) is 19.3 Å². The Bertz CT molecular complexity index is 546. The van der Waals surface area contributed by atoms with Gasteiger partial charge >= 0.3 is 0 Å². The maximum absolute atomic E-state index is 12.2. The summed E-state index contributed by atoms with van der Waals surface area (Å²) in [4.78, 5) is 37.4. The second kappa shape index (κ2) is 10.5. The minimum Gasteiger partial charge on any atom is -0.355 e. The van der Waals surface area contributed by atoms with E-state index in [1.54, 1.807) is 4.90 Å². The van der Waals surface area contributed by atoms with E-state index in [0.717, 1.165) is 5.56 Å². The predicted molar refractivity (Wildman–Crippen MR) is 93.6 cm³/mol. The summed E-state index contributed by atoms with van der Waals surface area (Å²) in [6.45, 7) is 6.61. The summed E-state index contributed by atoms with van der Waals surface area (Å²) < 4.78 is 0. The molecule has 0 aliphatic carbocycles. The number of hydrogen-bond donors (Lipinski definition) is 2. The molecule has 0 heterocycles. The van der Waals surface area contributed by atoms with Crippen molar-refractivity contribution in [3.63, 3.8) is 0 Å². The zero-order chi connectivity index (χ0) is 17.9. The number of nitrogens with one attached hydrogen (secondary N) is 2. The molecule has 2 amide bonds. The molecular weight excluding hydrogens is 306 g/mol. The molecule has 6 heteroatoms. The van der Waals surface area contributed by atoms with Crippen LogP contribution in [0.3, 0.4) is 0 Å². The van der Waals surface area contributed by atoms with E-state index in [9.17, 15) is 14.4 Å². The molecule has 0 aliphatic heterocycles. The quantitative estimate of drug-likeness (QED) is 0.663. The Morgan fingerprint density at radius 3 is 2.21 bits per heavy atom. The fourth-order valence-corrected chi connectivity index (χ4v) is 2.32. The monoisotopic (exact) mass is 333 g/mol. The lowest BCUT2D eigenvalue weighted by molar-refractivity contribution is -0.128. The molecule has 24 heavy (non-hydrogen) atoms. The fraction of sp³-hybridized carbons (Fsp3) is 0.500. The number of carbonyl (C=O) groups is 3. The molecule has 0 radical (unpaired) electrons. The maximum atomic E-state index is 12.2. The topological polar surface area (TPSA) is 78.5 Å². The summed E-state index contributed by atoms with van der Waals surface area (Å²) in [7, 11) is 0. The molecule has 1 aromatic carbocycles. The van der Waals surface area contributed by atoms with Gasteiger partial charge in [-0.2, -0.15) is 0 Å². The van der Waals surface area contributed by atoms with Crippen molar-refractivity contribution in [1.82, 2.24) is 15.5 Å². The molecule has 1 rings (SSSR count). The molecule has 0 unspecified atom stereocenters. The van der Waals surface area contributed by atoms with E-state index >= 15 is 0 Å². The normalized spacial score (nSPS) is 11.8. The van der Waals surface area contributed by atoms with Crippen molar-refractivity contribution in [3.05, 3.63) is 35.9 Å². The van der Waals surface area contributed by atoms with Crippen molar-refractivity contribution in [3.8, 4) is 0 Å². The number of rotatable bonds is 10. The molecule has 0 saturated heterocycles. The minimum absolute atomic E-state index is 0.0843. The van der Waals surface area contributed by atoms with Gasteiger partial charge in [-0.25, -0.2) is 0 Å². The molecule has 0 aliphatic rings. The number of ketones is 1. The van der Waals surface area contributed by atoms with Crippen molar-refractivity contribution in [1.29, 1.82) is 0 Å². The van der Waals surface area contributed by atoms with Crippen molar-refractivity contribution in [2.24, 2.45) is 0 Å². The number of benzene rings is 1. The largest absolute Gasteiger partial charge is 0.355 e. The first-order valence-corrected chi connectivity index (χ1v) is 8.29. The lowest BCUT2D eigenvalue weighted by atomic mass is 10.0. The van der Waals surface area contributed by atoms with Crippen LogP contribution in [-0.2, 0) is 20.8 Å². The molecule has 132 valence electrons. The summed E-state index contributed by atoms with van der Waals surface area (Å²) in [6, 6.07) is 9.01. The Hall–Kier alpha value is -2.21. The number of likely N-dealkylation sites (N-methyl/N-ethyl adjacent to an activating group) is 2. The van der Waals surface area contributed by atoms with Crippen LogP contribution in [-0.4, -0.2) is 54.7 Å². The van der Waals surface area contributed by atoms with Crippen LogP contribution < -0.4 is 10.6 Å². The summed E-state index contributed by atoms with van der Waals surface area (Å²) >= 11 is 0. The van der Waals surface area contributed by atoms with Crippen LogP contribution in [0.5, 0.6) is 0 Å². The second-order valence-electron chi connectivity index (χ2n) is 5.68. The Morgan fingerprint density at radius 1 is 1.04 bits per heavy atom. The Kier molecular flexibility index (Phi) is 8.71. The fourth-order valence-electron chi connectivity index (χ4n) is 2.32. The first-order valence-electron chi connectivity index (χ1n) is 8.29. The van der Waals surface area contributed by atoms with Crippen LogP contribution >= 0.6 is 0 Å². The number of amides is 2. The minimum atomic E-state index is -0.553. The zero-order valence-electron chi connectivity index (χ0n) is 14.7. The van der Waals surface area contributed by atoms with Crippen molar-refractivity contribution in [2.45, 2.75) is 33.2 Å². The average Bonchev–Trinajstić information content (AvgIpc) is 2.54. The summed E-state index contributed by atoms with van der Waals surface area (Å²) in [6.07, 6.45) is 0.463. The summed E-state index contributed by atoms with van der Waals surface area (Å²) in [5, 5.41) is 5.48. The Balaban J connectivity index is 2.58. The van der Waals surface area contributed by atoms with E-state index in [-0.39, 0.29) is 30.7 Å². The van der Waals surface area contributed by atoms with Gasteiger partial charge in [0.25, 0.3) is 0 Å². The molecule has 0 spiro atoms. The van der Waals surface area contributed by atoms with Crippen molar-refractivity contribution >= 4 is 17.6 Å². The number of hydrogen-bond acceptors (Lipinski definition) is 4. The van der Waals surface area contributed by atoms with Crippen LogP contribution in [0, 0.1) is 0 Å². The molecule has 6 nitrogen and oxygen atoms in total. The van der Waals surface area contributed by atoms with Gasteiger partial charge in [0.05, 0.1) is 19.1 Å². The predicted octanol–water partition coefficient (Wildman–Crippen LogP) is 0.761. The van der Waals surface area contributed by atoms with Crippen LogP contribution in [0.15, 0.2) is 30.3 Å². The van der Waals surface area contributed by atoms with E-state index in [0.29, 0.717) is 19.5 Å². The number of nitrogens with zero attached hydrogens (tertiary/aromatic N) is 1. The highest BCUT2D eigenvalue weighted by atomic mass is 16.2. The third-order valence-corrected chi connectivity index (χ3v) is 3.66. The SMILES string of the molecule is CCNC(=O)CN(CC)CC(=O)N[C@@H](Cc1ccccc1)C(C)=O. The lowest BCUT2D eigenvalue weighted by Crippen LogP contribution is -2.47. The molecule has 1 aromatic rings. The molecular formula is C18H27N3O3. The van der Waals surface area contributed by atoms with Gasteiger partial charge in [-0.1, -0.05) is 37.3 Å². The first kappa shape index (κ1) is 19.8. The Labute approximate surface area is 143 Å². The molecule has 0 fully saturated rings. The summed E-state index contributed by atoms with van der Waals surface area (Å²) in [5.41, 5.74) is 0.993. The number of Topliss-reactive ketones (excluding diaryl/α,β-unsaturated/α-hetero) is 1. The van der Waals surface area contributed by atoms with E-state index in [2.05, 4.69) is 10.6 Å². The zero-order valence-corrected chi connectivity index (χ0v) is 14.7. The standard InChI is InChI=1S/C18H27N3O3/c1-4-19-17(23)12-21(5-2)13-18(24)20-16(14(3)22)11-15-9-7-6-8-10-15/h6-10,16H,4-5,11-13H2,1-3H3,(H,19,23)(H,20,24)/t16-/m0/s1. The number of carbonyl (C=O) groups excluding carboxylic acids is 3. The van der Waals surface area contributed by atoms with Gasteiger partial charge < -0.3 is 10.6 Å². The van der Waals surface area contributed by atoms with E-state index in [1.807, 2.05) is 44.2 Å². The van der Waals surface area contributed by atoms with Gasteiger partial charge in [0, 0.05) is 6.54 Å². The van der Waals surface area contributed by atoms with Crippen LogP contribution in [0.1, 0.15) is 26.3 Å².